The maximum atomic E-state index is 13.4. The van der Waals surface area contributed by atoms with Gasteiger partial charge in [0.15, 0.2) is 17.1 Å². The van der Waals surface area contributed by atoms with Crippen LogP contribution in [0, 0.1) is 22.0 Å². The molecule has 5 rings (SSSR count). The highest BCUT2D eigenvalue weighted by molar-refractivity contribution is 6.37. The first kappa shape index (κ1) is 18.3. The highest BCUT2D eigenvalue weighted by Gasteiger charge is 2.72. The number of benzene rings is 2. The Balaban J connectivity index is 1.60. The molecule has 2 aliphatic heterocycles. The molecule has 2 fully saturated rings. The Morgan fingerprint density at radius 3 is 2.03 bits per heavy atom. The van der Waals surface area contributed by atoms with E-state index in [1.807, 2.05) is 0 Å². The highest BCUT2D eigenvalue weighted by Crippen LogP contribution is 2.51. The van der Waals surface area contributed by atoms with Crippen molar-refractivity contribution in [2.75, 3.05) is 18.5 Å². The fourth-order valence-corrected chi connectivity index (χ4v) is 5.06. The molecule has 0 bridgehead atoms. The number of nitro groups is 1. The van der Waals surface area contributed by atoms with E-state index in [0.717, 1.165) is 4.90 Å². The molecule has 0 saturated carbocycles. The molecule has 2 atom stereocenters. The molecule has 2 amide bonds. The fraction of sp³-hybridized carbons (Fsp3) is 0.238. The van der Waals surface area contributed by atoms with Crippen molar-refractivity contribution in [1.29, 1.82) is 0 Å². The summed E-state index contributed by atoms with van der Waals surface area (Å²) in [6.07, 6.45) is 0. The monoisotopic (exact) mass is 405 g/mol. The Morgan fingerprint density at radius 2 is 1.50 bits per heavy atom. The van der Waals surface area contributed by atoms with Crippen molar-refractivity contribution in [3.8, 4) is 0 Å². The number of imide groups is 1. The van der Waals surface area contributed by atoms with Crippen LogP contribution in [0.15, 0.2) is 48.5 Å². The van der Waals surface area contributed by atoms with E-state index in [9.17, 15) is 29.3 Å². The summed E-state index contributed by atoms with van der Waals surface area (Å²) >= 11 is 0. The van der Waals surface area contributed by atoms with Crippen molar-refractivity contribution < 1.29 is 24.1 Å². The van der Waals surface area contributed by atoms with Crippen LogP contribution in [0.3, 0.4) is 0 Å². The van der Waals surface area contributed by atoms with Crippen molar-refractivity contribution in [2.45, 2.75) is 5.54 Å². The van der Waals surface area contributed by atoms with E-state index in [2.05, 4.69) is 0 Å². The molecule has 9 heteroatoms. The topological polar surface area (TPSA) is 118 Å². The van der Waals surface area contributed by atoms with E-state index < -0.39 is 45.7 Å². The quantitative estimate of drug-likeness (QED) is 0.321. The smallest absolute Gasteiger partial charge is 0.269 e. The van der Waals surface area contributed by atoms with Crippen LogP contribution < -0.4 is 4.90 Å². The molecule has 2 heterocycles. The van der Waals surface area contributed by atoms with E-state index in [1.165, 1.54) is 29.2 Å². The Labute approximate surface area is 170 Å². The normalized spacial score (nSPS) is 24.6. The fourth-order valence-electron chi connectivity index (χ4n) is 5.06. The predicted octanol–water partition coefficient (Wildman–Crippen LogP) is 1.46. The maximum Gasteiger partial charge on any atom is 0.269 e. The maximum absolute atomic E-state index is 13.4. The van der Waals surface area contributed by atoms with Crippen LogP contribution in [-0.4, -0.2) is 52.3 Å². The number of nitro benzene ring substituents is 1. The van der Waals surface area contributed by atoms with Gasteiger partial charge >= 0.3 is 0 Å². The van der Waals surface area contributed by atoms with E-state index in [-0.39, 0.29) is 29.0 Å². The second kappa shape index (κ2) is 5.90. The molecule has 0 N–H and O–H groups in total. The van der Waals surface area contributed by atoms with Gasteiger partial charge in [-0.05, 0) is 19.2 Å². The van der Waals surface area contributed by atoms with Gasteiger partial charge in [-0.25, -0.2) is 4.90 Å². The zero-order valence-electron chi connectivity index (χ0n) is 15.8. The lowest BCUT2D eigenvalue weighted by molar-refractivity contribution is -0.384. The van der Waals surface area contributed by atoms with Crippen LogP contribution >= 0.6 is 0 Å². The van der Waals surface area contributed by atoms with Crippen molar-refractivity contribution in [3.63, 3.8) is 0 Å². The first-order chi connectivity index (χ1) is 14.3. The number of anilines is 1. The van der Waals surface area contributed by atoms with Crippen molar-refractivity contribution in [3.05, 3.63) is 69.8 Å². The van der Waals surface area contributed by atoms with Gasteiger partial charge < -0.3 is 0 Å². The van der Waals surface area contributed by atoms with Gasteiger partial charge in [-0.3, -0.25) is 34.2 Å². The average molecular weight is 405 g/mol. The van der Waals surface area contributed by atoms with E-state index in [1.54, 1.807) is 31.3 Å². The number of non-ortho nitro benzene ring substituents is 1. The number of Topliss-reactive ketones (excluding diaryl/α,β-unsaturated/α-hetero) is 2. The van der Waals surface area contributed by atoms with Crippen LogP contribution in [0.4, 0.5) is 11.4 Å². The third-order valence-electron chi connectivity index (χ3n) is 6.38. The lowest BCUT2D eigenvalue weighted by Gasteiger charge is -2.32. The van der Waals surface area contributed by atoms with Gasteiger partial charge in [-0.1, -0.05) is 24.3 Å². The van der Waals surface area contributed by atoms with E-state index in [4.69, 9.17) is 0 Å². The Morgan fingerprint density at radius 1 is 0.933 bits per heavy atom. The molecular weight excluding hydrogens is 390 g/mol. The summed E-state index contributed by atoms with van der Waals surface area (Å²) in [6.45, 7) is 0.0875. The zero-order chi connectivity index (χ0) is 21.4. The van der Waals surface area contributed by atoms with Crippen LogP contribution in [0.25, 0.3) is 0 Å². The molecule has 0 radical (unpaired) electrons. The summed E-state index contributed by atoms with van der Waals surface area (Å²) in [5.74, 6) is -4.08. The number of hydrogen-bond donors (Lipinski definition) is 0. The van der Waals surface area contributed by atoms with Gasteiger partial charge in [0.2, 0.25) is 11.8 Å². The summed E-state index contributed by atoms with van der Waals surface area (Å²) in [7, 11) is 1.58. The largest absolute Gasteiger partial charge is 0.291 e. The first-order valence-electron chi connectivity index (χ1n) is 9.32. The Hall–Kier alpha value is -3.72. The number of rotatable bonds is 2. The van der Waals surface area contributed by atoms with Gasteiger partial charge in [-0.2, -0.15) is 0 Å². The molecular formula is C21H15N3O6. The second-order valence-corrected chi connectivity index (χ2v) is 7.72. The lowest BCUT2D eigenvalue weighted by Crippen LogP contribution is -2.58. The van der Waals surface area contributed by atoms with Gasteiger partial charge in [0.05, 0.1) is 22.4 Å². The van der Waals surface area contributed by atoms with Gasteiger partial charge in [0.1, 0.15) is 0 Å². The van der Waals surface area contributed by atoms with Gasteiger partial charge in [0.25, 0.3) is 5.69 Å². The number of fused-ring (bicyclic) bond motifs is 3. The number of hydrogen-bond acceptors (Lipinski definition) is 7. The minimum atomic E-state index is -1.74. The molecule has 2 saturated heterocycles. The molecule has 2 aromatic carbocycles. The molecule has 1 spiro atoms. The number of likely N-dealkylation sites (tertiary alicyclic amines) is 1. The number of ketones is 2. The molecule has 2 aromatic rings. The molecule has 150 valence electrons. The Bertz CT molecular complexity index is 1140. The molecule has 30 heavy (non-hydrogen) atoms. The van der Waals surface area contributed by atoms with Crippen LogP contribution in [0.5, 0.6) is 0 Å². The third kappa shape index (κ3) is 1.99. The van der Waals surface area contributed by atoms with Crippen LogP contribution in [0.2, 0.25) is 0 Å². The standard InChI is InChI=1S/C21H15N3O6/c1-22-10-15-16(21(22)17(25)13-4-2-3-5-14(13)18(21)26)20(28)23(19(15)27)11-6-8-12(9-7-11)24(29)30/h2-9,15-16H,10H2,1H3. The molecule has 9 nitrogen and oxygen atoms in total. The third-order valence-corrected chi connectivity index (χ3v) is 6.38. The summed E-state index contributed by atoms with van der Waals surface area (Å²) in [6, 6.07) is 11.5. The molecule has 1 aliphatic carbocycles. The van der Waals surface area contributed by atoms with Gasteiger partial charge in [0, 0.05) is 29.8 Å². The van der Waals surface area contributed by atoms with Crippen molar-refractivity contribution in [1.82, 2.24) is 4.90 Å². The molecule has 0 aromatic heterocycles. The zero-order valence-corrected chi connectivity index (χ0v) is 15.8. The minimum absolute atomic E-state index is 0.0875. The number of likely N-dealkylation sites (N-methyl/N-ethyl adjacent to an activating group) is 1. The summed E-state index contributed by atoms with van der Waals surface area (Å²) < 4.78 is 0. The van der Waals surface area contributed by atoms with Crippen LogP contribution in [0.1, 0.15) is 20.7 Å². The lowest BCUT2D eigenvalue weighted by atomic mass is 9.77. The summed E-state index contributed by atoms with van der Waals surface area (Å²) in [5, 5.41) is 10.9. The molecule has 3 aliphatic rings. The van der Waals surface area contributed by atoms with E-state index in [0.29, 0.717) is 0 Å². The number of carbonyl (C=O) groups is 4. The summed E-state index contributed by atoms with van der Waals surface area (Å²) in [5.41, 5.74) is -1.23. The number of amides is 2. The molecule has 2 unspecified atom stereocenters. The Kier molecular flexibility index (Phi) is 3.60. The van der Waals surface area contributed by atoms with Gasteiger partial charge in [-0.15, -0.1) is 0 Å². The SMILES string of the molecule is CN1CC2C(=O)N(c3ccc([N+](=O)[O-])cc3)C(=O)C2C12C(=O)c1ccccc1C2=O. The number of carbonyl (C=O) groups excluding carboxylic acids is 4. The second-order valence-electron chi connectivity index (χ2n) is 7.72. The predicted molar refractivity (Wildman–Crippen MR) is 103 cm³/mol. The highest BCUT2D eigenvalue weighted by atomic mass is 16.6. The van der Waals surface area contributed by atoms with Crippen molar-refractivity contribution >= 4 is 34.8 Å². The first-order valence-corrected chi connectivity index (χ1v) is 9.32. The minimum Gasteiger partial charge on any atom is -0.291 e. The van der Waals surface area contributed by atoms with Crippen molar-refractivity contribution in [2.24, 2.45) is 11.8 Å². The van der Waals surface area contributed by atoms with Crippen LogP contribution in [-0.2, 0) is 9.59 Å². The van der Waals surface area contributed by atoms with E-state index >= 15 is 0 Å². The average Bonchev–Trinajstić information content (AvgIpc) is 3.26. The summed E-state index contributed by atoms with van der Waals surface area (Å²) in [4.78, 5) is 66.0. The number of nitrogens with zero attached hydrogens (tertiary/aromatic N) is 3.